The fraction of sp³-hybridized carbons (Fsp3) is 0.0952. The van der Waals surface area contributed by atoms with Crippen LogP contribution in [0, 0.1) is 0 Å². The van der Waals surface area contributed by atoms with Gasteiger partial charge in [-0.25, -0.2) is 14.6 Å². The monoisotopic (exact) mass is 383 g/mol. The van der Waals surface area contributed by atoms with Gasteiger partial charge in [-0.15, -0.1) is 0 Å². The van der Waals surface area contributed by atoms with E-state index in [9.17, 15) is 4.79 Å². The van der Waals surface area contributed by atoms with Gasteiger partial charge in [-0.3, -0.25) is 9.78 Å². The highest BCUT2D eigenvalue weighted by molar-refractivity contribution is 5.95. The molecule has 1 amide bonds. The van der Waals surface area contributed by atoms with E-state index in [2.05, 4.69) is 20.1 Å². The molecular formula is C21H17N7O. The van der Waals surface area contributed by atoms with E-state index in [0.717, 1.165) is 28.2 Å². The molecule has 1 aliphatic rings. The second kappa shape index (κ2) is 6.83. The number of nitrogen functional groups attached to an aromatic ring is 1. The van der Waals surface area contributed by atoms with Crippen LogP contribution < -0.4 is 5.73 Å². The quantitative estimate of drug-likeness (QED) is 0.583. The molecule has 8 nitrogen and oxygen atoms in total. The van der Waals surface area contributed by atoms with Gasteiger partial charge in [0.15, 0.2) is 0 Å². The number of carbonyl (C=O) groups is 1. The first-order chi connectivity index (χ1) is 14.2. The van der Waals surface area contributed by atoms with Gasteiger partial charge in [0.2, 0.25) is 5.95 Å². The maximum absolute atomic E-state index is 13.2. The van der Waals surface area contributed by atoms with Crippen LogP contribution in [0.3, 0.4) is 0 Å². The number of rotatable bonds is 3. The number of nitrogens with zero attached hydrogens (tertiary/aromatic N) is 6. The van der Waals surface area contributed by atoms with Gasteiger partial charge in [-0.1, -0.05) is 6.07 Å². The zero-order valence-electron chi connectivity index (χ0n) is 15.4. The number of fused-ring (bicyclic) bond motifs is 1. The van der Waals surface area contributed by atoms with Crippen LogP contribution in [-0.2, 0) is 13.1 Å². The molecule has 29 heavy (non-hydrogen) atoms. The summed E-state index contributed by atoms with van der Waals surface area (Å²) in [5.74, 6) is 0.116. The van der Waals surface area contributed by atoms with Crippen LogP contribution >= 0.6 is 0 Å². The normalized spacial score (nSPS) is 12.8. The number of aromatic nitrogens is 5. The van der Waals surface area contributed by atoms with Crippen LogP contribution in [0.5, 0.6) is 0 Å². The Morgan fingerprint density at radius 1 is 1.03 bits per heavy atom. The molecule has 0 fully saturated rings. The van der Waals surface area contributed by atoms with Gasteiger partial charge in [-0.2, -0.15) is 5.10 Å². The maximum atomic E-state index is 13.2. The molecule has 3 aromatic heterocycles. The molecule has 0 atom stereocenters. The Labute approximate surface area is 166 Å². The predicted molar refractivity (Wildman–Crippen MR) is 107 cm³/mol. The average molecular weight is 383 g/mol. The highest BCUT2D eigenvalue weighted by Gasteiger charge is 2.29. The molecule has 0 aliphatic carbocycles. The number of pyridine rings is 1. The van der Waals surface area contributed by atoms with Crippen LogP contribution in [0.4, 0.5) is 5.95 Å². The molecular weight excluding hydrogens is 366 g/mol. The van der Waals surface area contributed by atoms with E-state index in [1.54, 1.807) is 34.2 Å². The smallest absolute Gasteiger partial charge is 0.254 e. The molecule has 0 saturated carbocycles. The minimum absolute atomic E-state index is 0.0762. The lowest BCUT2D eigenvalue weighted by atomic mass is 10.1. The first kappa shape index (κ1) is 17.1. The van der Waals surface area contributed by atoms with Crippen LogP contribution in [0.25, 0.3) is 16.9 Å². The number of hydrogen-bond donors (Lipinski definition) is 1. The standard InChI is InChI=1S/C21H17N7O/c22-21-25-18-13-27(12-17(18)19(26-21)15-5-2-7-23-11-15)20(29)14-4-1-6-16(10-14)28-9-3-8-24-28/h1-11H,12-13H2,(H2,22,25,26). The zero-order chi connectivity index (χ0) is 19.8. The van der Waals surface area contributed by atoms with Crippen molar-refractivity contribution in [3.8, 4) is 16.9 Å². The largest absolute Gasteiger partial charge is 0.368 e. The van der Waals surface area contributed by atoms with Crippen molar-refractivity contribution in [3.05, 3.63) is 84.1 Å². The Morgan fingerprint density at radius 3 is 2.76 bits per heavy atom. The van der Waals surface area contributed by atoms with E-state index in [4.69, 9.17) is 5.73 Å². The summed E-state index contributed by atoms with van der Waals surface area (Å²) < 4.78 is 1.72. The molecule has 1 aromatic carbocycles. The van der Waals surface area contributed by atoms with E-state index >= 15 is 0 Å². The van der Waals surface area contributed by atoms with Gasteiger partial charge in [0.05, 0.1) is 30.2 Å². The van der Waals surface area contributed by atoms with Gasteiger partial charge in [0.25, 0.3) is 5.91 Å². The number of anilines is 1. The molecule has 4 heterocycles. The molecule has 2 N–H and O–H groups in total. The first-order valence-electron chi connectivity index (χ1n) is 9.14. The van der Waals surface area contributed by atoms with Gasteiger partial charge >= 0.3 is 0 Å². The van der Waals surface area contributed by atoms with E-state index in [1.165, 1.54) is 0 Å². The predicted octanol–water partition coefficient (Wildman–Crippen LogP) is 2.46. The van der Waals surface area contributed by atoms with Gasteiger partial charge in [0.1, 0.15) is 0 Å². The van der Waals surface area contributed by atoms with Crippen LogP contribution in [-0.4, -0.2) is 35.5 Å². The summed E-state index contributed by atoms with van der Waals surface area (Å²) in [5.41, 5.74) is 10.6. The van der Waals surface area contributed by atoms with Crippen molar-refractivity contribution >= 4 is 11.9 Å². The minimum Gasteiger partial charge on any atom is -0.368 e. The summed E-state index contributed by atoms with van der Waals surface area (Å²) in [5, 5.41) is 4.23. The maximum Gasteiger partial charge on any atom is 0.254 e. The number of hydrogen-bond acceptors (Lipinski definition) is 6. The number of nitrogens with two attached hydrogens (primary N) is 1. The van der Waals surface area contributed by atoms with Crippen LogP contribution in [0.2, 0.25) is 0 Å². The third kappa shape index (κ3) is 3.10. The topological polar surface area (TPSA) is 103 Å². The van der Waals surface area contributed by atoms with Crippen molar-refractivity contribution in [2.24, 2.45) is 0 Å². The third-order valence-electron chi connectivity index (χ3n) is 4.88. The fourth-order valence-corrected chi connectivity index (χ4v) is 3.54. The third-order valence-corrected chi connectivity index (χ3v) is 4.88. The lowest BCUT2D eigenvalue weighted by Gasteiger charge is -2.16. The molecule has 0 saturated heterocycles. The lowest BCUT2D eigenvalue weighted by molar-refractivity contribution is 0.0750. The molecule has 0 spiro atoms. The molecule has 4 aromatic rings. The summed E-state index contributed by atoms with van der Waals surface area (Å²) in [4.78, 5) is 27.9. The molecule has 1 aliphatic heterocycles. The van der Waals surface area contributed by atoms with E-state index < -0.39 is 0 Å². The average Bonchev–Trinajstić information content (AvgIpc) is 3.43. The van der Waals surface area contributed by atoms with Crippen molar-refractivity contribution in [1.29, 1.82) is 0 Å². The van der Waals surface area contributed by atoms with Crippen molar-refractivity contribution < 1.29 is 4.79 Å². The Morgan fingerprint density at radius 2 is 1.97 bits per heavy atom. The Balaban J connectivity index is 1.47. The zero-order valence-corrected chi connectivity index (χ0v) is 15.4. The summed E-state index contributed by atoms with van der Waals surface area (Å²) in [7, 11) is 0. The summed E-state index contributed by atoms with van der Waals surface area (Å²) in [6.07, 6.45) is 6.99. The summed E-state index contributed by atoms with van der Waals surface area (Å²) in [6, 6.07) is 13.0. The number of benzene rings is 1. The van der Waals surface area contributed by atoms with E-state index in [1.807, 2.05) is 42.6 Å². The molecule has 0 bridgehead atoms. The second-order valence-electron chi connectivity index (χ2n) is 6.76. The number of carbonyl (C=O) groups excluding carboxylic acids is 1. The molecule has 0 unspecified atom stereocenters. The molecule has 5 rings (SSSR count). The van der Waals surface area contributed by atoms with Crippen LogP contribution in [0.1, 0.15) is 21.6 Å². The van der Waals surface area contributed by atoms with Crippen molar-refractivity contribution in [2.45, 2.75) is 13.1 Å². The Bertz CT molecular complexity index is 1190. The van der Waals surface area contributed by atoms with Gasteiger partial charge in [-0.05, 0) is 36.4 Å². The highest BCUT2D eigenvalue weighted by Crippen LogP contribution is 2.31. The SMILES string of the molecule is Nc1nc2c(c(-c3cccnc3)n1)CN(C(=O)c1cccc(-n3cccn3)c1)C2. The van der Waals surface area contributed by atoms with E-state index in [0.29, 0.717) is 18.7 Å². The summed E-state index contributed by atoms with van der Waals surface area (Å²) >= 11 is 0. The van der Waals surface area contributed by atoms with E-state index in [-0.39, 0.29) is 11.9 Å². The molecule has 142 valence electrons. The van der Waals surface area contributed by atoms with Crippen molar-refractivity contribution in [2.75, 3.05) is 5.73 Å². The Kier molecular flexibility index (Phi) is 4.02. The van der Waals surface area contributed by atoms with Gasteiger partial charge < -0.3 is 10.6 Å². The molecule has 8 heteroatoms. The lowest BCUT2D eigenvalue weighted by Crippen LogP contribution is -2.25. The highest BCUT2D eigenvalue weighted by atomic mass is 16.2. The minimum atomic E-state index is -0.0762. The van der Waals surface area contributed by atoms with Gasteiger partial charge in [0, 0.05) is 41.5 Å². The van der Waals surface area contributed by atoms with Crippen molar-refractivity contribution in [1.82, 2.24) is 29.6 Å². The number of amides is 1. The van der Waals surface area contributed by atoms with Crippen LogP contribution in [0.15, 0.2) is 67.3 Å². The fourth-order valence-electron chi connectivity index (χ4n) is 3.54. The van der Waals surface area contributed by atoms with Crippen molar-refractivity contribution in [3.63, 3.8) is 0 Å². The summed E-state index contributed by atoms with van der Waals surface area (Å²) in [6.45, 7) is 0.810. The first-order valence-corrected chi connectivity index (χ1v) is 9.14. The molecule has 0 radical (unpaired) electrons. The second-order valence-corrected chi connectivity index (χ2v) is 6.76. The Hall–Kier alpha value is -4.07.